The SMILES string of the molecule is NN=C(C=O)C=NCC(F)CC/C(N)=C/C=C(N)N. The van der Waals surface area contributed by atoms with E-state index in [1.807, 2.05) is 0 Å². The average molecular weight is 270 g/mol. The summed E-state index contributed by atoms with van der Waals surface area (Å²) in [7, 11) is 0. The van der Waals surface area contributed by atoms with Crippen LogP contribution in [-0.4, -0.2) is 30.9 Å². The Morgan fingerprint density at radius 2 is 1.95 bits per heavy atom. The van der Waals surface area contributed by atoms with E-state index in [4.69, 9.17) is 23.0 Å². The topological polar surface area (TPSA) is 146 Å². The molecule has 0 aromatic rings. The Kier molecular flexibility index (Phi) is 8.42. The molecular weight excluding hydrogens is 251 g/mol. The Morgan fingerprint density at radius 1 is 1.26 bits per heavy atom. The lowest BCUT2D eigenvalue weighted by molar-refractivity contribution is -0.102. The summed E-state index contributed by atoms with van der Waals surface area (Å²) in [6.07, 6.45) is 3.90. The van der Waals surface area contributed by atoms with Crippen LogP contribution in [0.3, 0.4) is 0 Å². The van der Waals surface area contributed by atoms with Crippen molar-refractivity contribution in [1.29, 1.82) is 0 Å². The molecule has 1 unspecified atom stereocenters. The number of hydrogen-bond donors (Lipinski definition) is 4. The van der Waals surface area contributed by atoms with E-state index in [9.17, 15) is 9.18 Å². The Bertz CT molecular complexity index is 398. The quantitative estimate of drug-likeness (QED) is 0.151. The molecule has 0 spiro atoms. The van der Waals surface area contributed by atoms with Crippen LogP contribution in [0.5, 0.6) is 0 Å². The van der Waals surface area contributed by atoms with Gasteiger partial charge in [0.25, 0.3) is 0 Å². The normalized spacial score (nSPS) is 14.4. The van der Waals surface area contributed by atoms with Gasteiger partial charge in [0.2, 0.25) is 0 Å². The Balaban J connectivity index is 4.06. The molecule has 0 amide bonds. The van der Waals surface area contributed by atoms with E-state index in [0.717, 1.165) is 6.21 Å². The molecule has 0 aromatic heterocycles. The lowest BCUT2D eigenvalue weighted by Gasteiger charge is -2.04. The van der Waals surface area contributed by atoms with Gasteiger partial charge in [-0.2, -0.15) is 5.10 Å². The Labute approximate surface area is 110 Å². The summed E-state index contributed by atoms with van der Waals surface area (Å²) in [5.41, 5.74) is 16.5. The number of alkyl halides is 1. The zero-order valence-electron chi connectivity index (χ0n) is 10.5. The van der Waals surface area contributed by atoms with E-state index in [-0.39, 0.29) is 24.5 Å². The largest absolute Gasteiger partial charge is 0.402 e. The lowest BCUT2D eigenvalue weighted by atomic mass is 10.1. The maximum Gasteiger partial charge on any atom is 0.171 e. The molecule has 0 aliphatic heterocycles. The number of allylic oxidation sites excluding steroid dienone is 3. The van der Waals surface area contributed by atoms with Gasteiger partial charge in [-0.1, -0.05) is 0 Å². The van der Waals surface area contributed by atoms with E-state index in [1.165, 1.54) is 12.2 Å². The third kappa shape index (κ3) is 9.33. The highest BCUT2D eigenvalue weighted by atomic mass is 19.1. The number of halogens is 1. The highest BCUT2D eigenvalue weighted by Gasteiger charge is 2.05. The number of aliphatic imine (C=N–C) groups is 1. The zero-order valence-corrected chi connectivity index (χ0v) is 10.5. The van der Waals surface area contributed by atoms with Gasteiger partial charge in [0.1, 0.15) is 11.9 Å². The first kappa shape index (κ1) is 16.6. The minimum Gasteiger partial charge on any atom is -0.402 e. The van der Waals surface area contributed by atoms with E-state index in [0.29, 0.717) is 18.4 Å². The summed E-state index contributed by atoms with van der Waals surface area (Å²) in [6, 6.07) is 0. The van der Waals surface area contributed by atoms with Crippen LogP contribution in [0.1, 0.15) is 12.8 Å². The number of carbonyl (C=O) groups excluding carboxylic acids is 1. The number of nitrogens with two attached hydrogens (primary N) is 4. The first-order valence-corrected chi connectivity index (χ1v) is 5.53. The van der Waals surface area contributed by atoms with Gasteiger partial charge in [-0.15, -0.1) is 0 Å². The van der Waals surface area contributed by atoms with Gasteiger partial charge >= 0.3 is 0 Å². The number of hydrazone groups is 1. The van der Waals surface area contributed by atoms with Crippen molar-refractivity contribution in [3.8, 4) is 0 Å². The molecule has 0 aromatic carbocycles. The zero-order chi connectivity index (χ0) is 14.7. The number of nitrogens with zero attached hydrogens (tertiary/aromatic N) is 2. The molecule has 0 radical (unpaired) electrons. The van der Waals surface area contributed by atoms with Crippen LogP contribution in [0.15, 0.2) is 33.8 Å². The minimum absolute atomic E-state index is 0.0461. The first-order valence-electron chi connectivity index (χ1n) is 5.53. The minimum atomic E-state index is -1.17. The summed E-state index contributed by atoms with van der Waals surface area (Å²) in [4.78, 5) is 14.0. The van der Waals surface area contributed by atoms with Crippen LogP contribution < -0.4 is 23.0 Å². The second-order valence-electron chi connectivity index (χ2n) is 3.71. The van der Waals surface area contributed by atoms with Crippen molar-refractivity contribution in [1.82, 2.24) is 0 Å². The van der Waals surface area contributed by atoms with Crippen molar-refractivity contribution in [2.75, 3.05) is 6.54 Å². The number of aldehydes is 1. The molecule has 0 fully saturated rings. The number of carbonyl (C=O) groups is 1. The molecule has 0 aliphatic carbocycles. The maximum atomic E-state index is 13.4. The first-order chi connectivity index (χ1) is 8.99. The Morgan fingerprint density at radius 3 is 2.47 bits per heavy atom. The third-order valence-electron chi connectivity index (χ3n) is 2.03. The summed E-state index contributed by atoms with van der Waals surface area (Å²) < 4.78 is 13.4. The molecule has 7 nitrogen and oxygen atoms in total. The standard InChI is InChI=1S/C11H19FN6O/c12-8(5-17-6-10(7-19)18-16)1-2-9(13)3-4-11(14)15/h3-4,6-8H,1-2,5,13-16H2/b9-3-,17-6?,18-10?. The maximum absolute atomic E-state index is 13.4. The van der Waals surface area contributed by atoms with Crippen LogP contribution >= 0.6 is 0 Å². The predicted molar refractivity (Wildman–Crippen MR) is 73.9 cm³/mol. The molecule has 0 rings (SSSR count). The van der Waals surface area contributed by atoms with Crippen LogP contribution in [-0.2, 0) is 4.79 Å². The van der Waals surface area contributed by atoms with Crippen LogP contribution in [0.4, 0.5) is 4.39 Å². The number of rotatable bonds is 8. The summed E-state index contributed by atoms with van der Waals surface area (Å²) in [5.74, 6) is 5.01. The molecule has 0 saturated carbocycles. The van der Waals surface area contributed by atoms with Gasteiger partial charge < -0.3 is 23.0 Å². The molecule has 0 heterocycles. The van der Waals surface area contributed by atoms with Crippen molar-refractivity contribution >= 4 is 18.2 Å². The monoisotopic (exact) mass is 270 g/mol. The molecule has 8 heteroatoms. The predicted octanol–water partition coefficient (Wildman–Crippen LogP) is -0.709. The number of hydrogen-bond acceptors (Lipinski definition) is 7. The van der Waals surface area contributed by atoms with Crippen molar-refractivity contribution < 1.29 is 9.18 Å². The molecule has 0 saturated heterocycles. The van der Waals surface area contributed by atoms with E-state index < -0.39 is 6.17 Å². The fourth-order valence-corrected chi connectivity index (χ4v) is 1.06. The van der Waals surface area contributed by atoms with Crippen molar-refractivity contribution in [3.05, 3.63) is 23.7 Å². The fraction of sp³-hybridized carbons (Fsp3) is 0.364. The molecule has 8 N–H and O–H groups in total. The van der Waals surface area contributed by atoms with Gasteiger partial charge in [-0.25, -0.2) is 4.39 Å². The molecule has 0 aliphatic rings. The summed E-state index contributed by atoms with van der Waals surface area (Å²) >= 11 is 0. The second-order valence-corrected chi connectivity index (χ2v) is 3.71. The summed E-state index contributed by atoms with van der Waals surface area (Å²) in [6.45, 7) is -0.0883. The fourth-order valence-electron chi connectivity index (χ4n) is 1.06. The summed E-state index contributed by atoms with van der Waals surface area (Å²) in [5, 5.41) is 3.14. The van der Waals surface area contributed by atoms with E-state index in [1.54, 1.807) is 0 Å². The molecule has 19 heavy (non-hydrogen) atoms. The second kappa shape index (κ2) is 9.63. The lowest BCUT2D eigenvalue weighted by Crippen LogP contribution is -2.11. The van der Waals surface area contributed by atoms with Crippen molar-refractivity contribution in [3.63, 3.8) is 0 Å². The van der Waals surface area contributed by atoms with Crippen molar-refractivity contribution in [2.45, 2.75) is 19.0 Å². The van der Waals surface area contributed by atoms with Gasteiger partial charge in [0.15, 0.2) is 6.29 Å². The van der Waals surface area contributed by atoms with Crippen LogP contribution in [0.2, 0.25) is 0 Å². The van der Waals surface area contributed by atoms with Gasteiger partial charge in [-0.3, -0.25) is 9.79 Å². The smallest absolute Gasteiger partial charge is 0.171 e. The average Bonchev–Trinajstić information content (AvgIpc) is 2.39. The Hall–Kier alpha value is -2.38. The van der Waals surface area contributed by atoms with Crippen LogP contribution in [0, 0.1) is 0 Å². The molecule has 0 bridgehead atoms. The van der Waals surface area contributed by atoms with E-state index in [2.05, 4.69) is 10.1 Å². The van der Waals surface area contributed by atoms with Gasteiger partial charge in [0.05, 0.1) is 18.6 Å². The highest BCUT2D eigenvalue weighted by Crippen LogP contribution is 2.06. The van der Waals surface area contributed by atoms with Crippen molar-refractivity contribution in [2.24, 2.45) is 33.1 Å². The molecule has 106 valence electrons. The van der Waals surface area contributed by atoms with Gasteiger partial charge in [0, 0.05) is 5.70 Å². The van der Waals surface area contributed by atoms with Crippen LogP contribution in [0.25, 0.3) is 0 Å². The third-order valence-corrected chi connectivity index (χ3v) is 2.03. The van der Waals surface area contributed by atoms with E-state index >= 15 is 0 Å². The van der Waals surface area contributed by atoms with Gasteiger partial charge in [-0.05, 0) is 25.0 Å². The highest BCUT2D eigenvalue weighted by molar-refractivity contribution is 6.54. The molecular formula is C11H19FN6O. The molecule has 1 atom stereocenters.